The number of nitrogens with zero attached hydrogens (tertiary/aromatic N) is 2. The Kier molecular flexibility index (Phi) is 2.22. The summed E-state index contributed by atoms with van der Waals surface area (Å²) >= 11 is 0. The van der Waals surface area contributed by atoms with Crippen molar-refractivity contribution in [3.8, 4) is 6.07 Å². The second-order valence-electron chi connectivity index (χ2n) is 1.77. The lowest BCUT2D eigenvalue weighted by atomic mass is 10.5. The molecule has 0 saturated carbocycles. The molecule has 0 unspecified atom stereocenters. The smallest absolute Gasteiger partial charge is 0.184 e. The zero-order valence-corrected chi connectivity index (χ0v) is 5.44. The monoisotopic (exact) mass is 131 g/mol. The Balaban J connectivity index is 2.79. The van der Waals surface area contributed by atoms with Gasteiger partial charge in [0.2, 0.25) is 0 Å². The van der Waals surface area contributed by atoms with Gasteiger partial charge in [0.05, 0.1) is 12.1 Å². The predicted molar refractivity (Wildman–Crippen MR) is 37.6 cm³/mol. The number of hydrogen-bond donors (Lipinski definition) is 0. The lowest BCUT2D eigenvalue weighted by Gasteiger charge is -1.80. The van der Waals surface area contributed by atoms with Crippen LogP contribution in [0.15, 0.2) is 36.7 Å². The van der Waals surface area contributed by atoms with Crippen LogP contribution < -0.4 is 4.57 Å². The van der Waals surface area contributed by atoms with Crippen molar-refractivity contribution in [2.45, 2.75) is 0 Å². The summed E-state index contributed by atoms with van der Waals surface area (Å²) in [6.45, 7) is 0. The van der Waals surface area contributed by atoms with Crippen molar-refractivity contribution in [1.82, 2.24) is 0 Å². The van der Waals surface area contributed by atoms with E-state index in [0.717, 1.165) is 0 Å². The van der Waals surface area contributed by atoms with Gasteiger partial charge in [-0.2, -0.15) is 9.83 Å². The highest BCUT2D eigenvalue weighted by molar-refractivity contribution is 5.17. The highest BCUT2D eigenvalue weighted by Crippen LogP contribution is 1.76. The van der Waals surface area contributed by atoms with Crippen LogP contribution in [0, 0.1) is 11.3 Å². The molecular formula is C8H7N2+. The topological polar surface area (TPSA) is 27.7 Å². The van der Waals surface area contributed by atoms with Crippen LogP contribution in [0.25, 0.3) is 6.20 Å². The van der Waals surface area contributed by atoms with Crippen LogP contribution >= 0.6 is 0 Å². The SMILES string of the molecule is N#CC=C[n+]1ccccc1. The Labute approximate surface area is 59.7 Å². The Morgan fingerprint density at radius 2 is 1.90 bits per heavy atom. The van der Waals surface area contributed by atoms with Gasteiger partial charge in [0.1, 0.15) is 0 Å². The van der Waals surface area contributed by atoms with E-state index in [0.29, 0.717) is 0 Å². The van der Waals surface area contributed by atoms with E-state index in [1.807, 2.05) is 41.2 Å². The van der Waals surface area contributed by atoms with Crippen molar-refractivity contribution in [2.75, 3.05) is 0 Å². The van der Waals surface area contributed by atoms with Crippen LogP contribution in [0.1, 0.15) is 0 Å². The van der Waals surface area contributed by atoms with E-state index >= 15 is 0 Å². The molecule has 1 aromatic rings. The highest BCUT2D eigenvalue weighted by atomic mass is 14.9. The minimum atomic E-state index is 1.43. The molecule has 1 aromatic heterocycles. The quantitative estimate of drug-likeness (QED) is 0.412. The molecular weight excluding hydrogens is 124 g/mol. The van der Waals surface area contributed by atoms with Gasteiger partial charge in [-0.1, -0.05) is 6.07 Å². The van der Waals surface area contributed by atoms with Gasteiger partial charge in [-0.25, -0.2) is 0 Å². The molecule has 10 heavy (non-hydrogen) atoms. The lowest BCUT2D eigenvalue weighted by Crippen LogP contribution is -2.23. The maximum atomic E-state index is 8.18. The van der Waals surface area contributed by atoms with Gasteiger partial charge in [-0.3, -0.25) is 0 Å². The molecule has 0 N–H and O–H groups in total. The van der Waals surface area contributed by atoms with Gasteiger partial charge in [-0.15, -0.1) is 0 Å². The molecule has 1 rings (SSSR count). The van der Waals surface area contributed by atoms with Crippen LogP contribution in [-0.4, -0.2) is 0 Å². The van der Waals surface area contributed by atoms with E-state index < -0.39 is 0 Å². The van der Waals surface area contributed by atoms with Gasteiger partial charge in [-0.05, 0) is 0 Å². The molecule has 0 radical (unpaired) electrons. The summed E-state index contributed by atoms with van der Waals surface area (Å²) in [5.74, 6) is 0. The molecule has 0 aromatic carbocycles. The summed E-state index contributed by atoms with van der Waals surface area (Å²) in [6.07, 6.45) is 6.86. The normalized spacial score (nSPS) is 9.50. The molecule has 0 amide bonds. The summed E-state index contributed by atoms with van der Waals surface area (Å²) in [6, 6.07) is 7.65. The van der Waals surface area contributed by atoms with E-state index in [1.165, 1.54) is 6.08 Å². The van der Waals surface area contributed by atoms with Gasteiger partial charge in [0.25, 0.3) is 0 Å². The molecule has 0 atom stereocenters. The van der Waals surface area contributed by atoms with Crippen molar-refractivity contribution in [3.05, 3.63) is 36.7 Å². The first-order chi connectivity index (χ1) is 4.93. The molecule has 1 heterocycles. The molecule has 2 heteroatoms. The number of rotatable bonds is 1. The van der Waals surface area contributed by atoms with E-state index in [9.17, 15) is 0 Å². The molecule has 0 aliphatic rings. The first-order valence-electron chi connectivity index (χ1n) is 2.95. The van der Waals surface area contributed by atoms with Crippen LogP contribution in [0.2, 0.25) is 0 Å². The third-order valence-electron chi connectivity index (χ3n) is 1.06. The first-order valence-corrected chi connectivity index (χ1v) is 2.95. The minimum absolute atomic E-state index is 1.43. The van der Waals surface area contributed by atoms with Crippen LogP contribution in [0.3, 0.4) is 0 Å². The van der Waals surface area contributed by atoms with E-state index in [1.54, 1.807) is 6.20 Å². The molecule has 0 aliphatic heterocycles. The standard InChI is InChI=1S/C8H7N2/c9-5-4-8-10-6-2-1-3-7-10/h1-4,6-8H/q+1. The fourth-order valence-electron chi connectivity index (χ4n) is 0.631. The predicted octanol–water partition coefficient (Wildman–Crippen LogP) is 0.968. The van der Waals surface area contributed by atoms with E-state index in [4.69, 9.17) is 5.26 Å². The Morgan fingerprint density at radius 3 is 2.50 bits per heavy atom. The van der Waals surface area contributed by atoms with E-state index in [-0.39, 0.29) is 0 Å². The second-order valence-corrected chi connectivity index (χ2v) is 1.77. The summed E-state index contributed by atoms with van der Waals surface area (Å²) in [5.41, 5.74) is 0. The molecule has 0 spiro atoms. The number of pyridine rings is 1. The van der Waals surface area contributed by atoms with Gasteiger partial charge in [0.15, 0.2) is 18.6 Å². The van der Waals surface area contributed by atoms with Crippen LogP contribution in [-0.2, 0) is 0 Å². The summed E-state index contributed by atoms with van der Waals surface area (Å²) < 4.78 is 1.81. The summed E-state index contributed by atoms with van der Waals surface area (Å²) in [5, 5.41) is 8.18. The highest BCUT2D eigenvalue weighted by Gasteiger charge is 1.86. The van der Waals surface area contributed by atoms with E-state index in [2.05, 4.69) is 0 Å². The van der Waals surface area contributed by atoms with Crippen LogP contribution in [0.4, 0.5) is 0 Å². The van der Waals surface area contributed by atoms with Crippen molar-refractivity contribution in [2.24, 2.45) is 0 Å². The number of nitriles is 1. The van der Waals surface area contributed by atoms with Gasteiger partial charge in [0, 0.05) is 12.1 Å². The van der Waals surface area contributed by atoms with Gasteiger partial charge < -0.3 is 0 Å². The Bertz CT molecular complexity index is 256. The van der Waals surface area contributed by atoms with Crippen molar-refractivity contribution in [3.63, 3.8) is 0 Å². The summed E-state index contributed by atoms with van der Waals surface area (Å²) in [4.78, 5) is 0. The maximum Gasteiger partial charge on any atom is 0.184 e. The molecule has 48 valence electrons. The molecule has 0 aliphatic carbocycles. The van der Waals surface area contributed by atoms with Crippen LogP contribution in [0.5, 0.6) is 0 Å². The van der Waals surface area contributed by atoms with Crippen molar-refractivity contribution < 1.29 is 4.57 Å². The molecule has 0 fully saturated rings. The number of aromatic nitrogens is 1. The zero-order chi connectivity index (χ0) is 7.23. The average molecular weight is 131 g/mol. The summed E-state index contributed by atoms with van der Waals surface area (Å²) in [7, 11) is 0. The van der Waals surface area contributed by atoms with Crippen molar-refractivity contribution >= 4 is 6.20 Å². The third-order valence-corrected chi connectivity index (χ3v) is 1.06. The number of hydrogen-bond acceptors (Lipinski definition) is 1. The largest absolute Gasteiger partial charge is 0.193 e. The lowest BCUT2D eigenvalue weighted by molar-refractivity contribution is -0.568. The maximum absolute atomic E-state index is 8.18. The van der Waals surface area contributed by atoms with Crippen molar-refractivity contribution in [1.29, 1.82) is 5.26 Å². The molecule has 0 bridgehead atoms. The number of allylic oxidation sites excluding steroid dienone is 1. The Hall–Kier alpha value is -1.62. The fourth-order valence-corrected chi connectivity index (χ4v) is 0.631. The average Bonchev–Trinajstić information content (AvgIpc) is 2.03. The minimum Gasteiger partial charge on any atom is -0.193 e. The Morgan fingerprint density at radius 1 is 1.20 bits per heavy atom. The first kappa shape index (κ1) is 6.50. The third kappa shape index (κ3) is 1.71. The van der Waals surface area contributed by atoms with Gasteiger partial charge >= 0.3 is 0 Å². The second kappa shape index (κ2) is 3.41. The fraction of sp³-hybridized carbons (Fsp3) is 0. The molecule has 0 saturated heterocycles. The molecule has 2 nitrogen and oxygen atoms in total. The zero-order valence-electron chi connectivity index (χ0n) is 5.44.